The molecular formula is C21H24N4O. The van der Waals surface area contributed by atoms with Crippen LogP contribution in [0.5, 0.6) is 0 Å². The molecule has 0 aliphatic heterocycles. The van der Waals surface area contributed by atoms with E-state index in [4.69, 9.17) is 4.98 Å². The monoisotopic (exact) mass is 348 g/mol. The summed E-state index contributed by atoms with van der Waals surface area (Å²) in [6.07, 6.45) is 3.96. The van der Waals surface area contributed by atoms with Crippen LogP contribution in [0.4, 0.5) is 0 Å². The molecule has 0 atom stereocenters. The summed E-state index contributed by atoms with van der Waals surface area (Å²) in [6.45, 7) is 6.22. The molecular weight excluding hydrogens is 324 g/mol. The van der Waals surface area contributed by atoms with Crippen molar-refractivity contribution in [1.82, 2.24) is 19.7 Å². The van der Waals surface area contributed by atoms with Gasteiger partial charge in [0.15, 0.2) is 5.65 Å². The van der Waals surface area contributed by atoms with Crippen molar-refractivity contribution in [1.29, 1.82) is 0 Å². The maximum Gasteiger partial charge on any atom is 0.254 e. The van der Waals surface area contributed by atoms with Crippen LogP contribution in [0.25, 0.3) is 22.3 Å². The van der Waals surface area contributed by atoms with Gasteiger partial charge in [0.25, 0.3) is 5.91 Å². The van der Waals surface area contributed by atoms with E-state index in [9.17, 15) is 4.79 Å². The Morgan fingerprint density at radius 1 is 1.27 bits per heavy atom. The molecule has 0 spiro atoms. The largest absolute Gasteiger partial charge is 0.339 e. The van der Waals surface area contributed by atoms with E-state index in [1.54, 1.807) is 6.20 Å². The zero-order valence-electron chi connectivity index (χ0n) is 15.7. The molecule has 26 heavy (non-hydrogen) atoms. The van der Waals surface area contributed by atoms with E-state index in [1.165, 1.54) is 0 Å². The van der Waals surface area contributed by atoms with E-state index in [0.29, 0.717) is 11.6 Å². The summed E-state index contributed by atoms with van der Waals surface area (Å²) < 4.78 is 1.89. The minimum absolute atomic E-state index is 0.0537. The van der Waals surface area contributed by atoms with Gasteiger partial charge in [0.2, 0.25) is 0 Å². The van der Waals surface area contributed by atoms with Crippen LogP contribution >= 0.6 is 0 Å². The SMILES string of the molecule is Cc1ccccc1-c1cc(C(=O)N(C)C2CC2)c2cnn(C(C)C)c2n1. The third-order valence-corrected chi connectivity index (χ3v) is 5.12. The molecule has 0 radical (unpaired) electrons. The molecule has 2 aromatic heterocycles. The van der Waals surface area contributed by atoms with Crippen LogP contribution in [0.3, 0.4) is 0 Å². The highest BCUT2D eigenvalue weighted by molar-refractivity contribution is 6.06. The van der Waals surface area contributed by atoms with Gasteiger partial charge >= 0.3 is 0 Å². The van der Waals surface area contributed by atoms with Crippen molar-refractivity contribution < 1.29 is 4.79 Å². The van der Waals surface area contributed by atoms with Gasteiger partial charge in [-0.05, 0) is 45.2 Å². The van der Waals surface area contributed by atoms with Gasteiger partial charge in [-0.25, -0.2) is 9.67 Å². The first-order chi connectivity index (χ1) is 12.5. The van der Waals surface area contributed by atoms with Crippen molar-refractivity contribution in [2.75, 3.05) is 7.05 Å². The zero-order valence-corrected chi connectivity index (χ0v) is 15.7. The van der Waals surface area contributed by atoms with Crippen LogP contribution in [0, 0.1) is 6.92 Å². The van der Waals surface area contributed by atoms with Crippen LogP contribution in [-0.2, 0) is 0 Å². The number of amides is 1. The van der Waals surface area contributed by atoms with Crippen molar-refractivity contribution in [3.63, 3.8) is 0 Å². The molecule has 1 saturated carbocycles. The van der Waals surface area contributed by atoms with Crippen molar-refractivity contribution >= 4 is 16.9 Å². The Morgan fingerprint density at radius 2 is 2.00 bits per heavy atom. The molecule has 0 saturated heterocycles. The number of benzene rings is 1. The summed E-state index contributed by atoms with van der Waals surface area (Å²) in [4.78, 5) is 19.9. The Kier molecular flexibility index (Phi) is 4.02. The molecule has 1 amide bonds. The van der Waals surface area contributed by atoms with E-state index in [0.717, 1.165) is 40.7 Å². The van der Waals surface area contributed by atoms with Crippen molar-refractivity contribution in [2.24, 2.45) is 0 Å². The summed E-state index contributed by atoms with van der Waals surface area (Å²) >= 11 is 0. The average Bonchev–Trinajstić information content (AvgIpc) is 3.38. The number of carbonyl (C=O) groups excluding carboxylic acids is 1. The van der Waals surface area contributed by atoms with Gasteiger partial charge in [-0.3, -0.25) is 4.79 Å². The lowest BCUT2D eigenvalue weighted by Gasteiger charge is -2.18. The molecule has 1 aromatic carbocycles. The lowest BCUT2D eigenvalue weighted by molar-refractivity contribution is 0.0787. The molecule has 5 nitrogen and oxygen atoms in total. The van der Waals surface area contributed by atoms with Crippen LogP contribution in [-0.4, -0.2) is 38.7 Å². The highest BCUT2D eigenvalue weighted by Gasteiger charge is 2.31. The lowest BCUT2D eigenvalue weighted by atomic mass is 10.0. The number of carbonyl (C=O) groups is 1. The van der Waals surface area contributed by atoms with Crippen molar-refractivity contribution in [3.05, 3.63) is 47.7 Å². The second-order valence-electron chi connectivity index (χ2n) is 7.44. The summed E-state index contributed by atoms with van der Waals surface area (Å²) in [5, 5.41) is 5.33. The molecule has 5 heteroatoms. The van der Waals surface area contributed by atoms with Crippen LogP contribution in [0.2, 0.25) is 0 Å². The molecule has 134 valence electrons. The maximum absolute atomic E-state index is 13.1. The van der Waals surface area contributed by atoms with Gasteiger partial charge < -0.3 is 4.90 Å². The van der Waals surface area contributed by atoms with Gasteiger partial charge in [-0.2, -0.15) is 5.10 Å². The Hall–Kier alpha value is -2.69. The molecule has 2 heterocycles. The number of aryl methyl sites for hydroxylation is 1. The fourth-order valence-corrected chi connectivity index (χ4v) is 3.39. The summed E-state index contributed by atoms with van der Waals surface area (Å²) in [7, 11) is 1.90. The fourth-order valence-electron chi connectivity index (χ4n) is 3.39. The second-order valence-corrected chi connectivity index (χ2v) is 7.44. The smallest absolute Gasteiger partial charge is 0.254 e. The number of rotatable bonds is 4. The van der Waals surface area contributed by atoms with Crippen LogP contribution < -0.4 is 0 Å². The van der Waals surface area contributed by atoms with E-state index < -0.39 is 0 Å². The van der Waals surface area contributed by atoms with E-state index in [1.807, 2.05) is 34.8 Å². The average molecular weight is 348 g/mol. The normalized spacial score (nSPS) is 14.2. The standard InChI is InChI=1S/C21H24N4O/c1-13(2)25-20-18(12-22-25)17(21(26)24(4)15-9-10-15)11-19(23-20)16-8-6-5-7-14(16)3/h5-8,11-13,15H,9-10H2,1-4H3. The minimum Gasteiger partial charge on any atom is -0.339 e. The van der Waals surface area contributed by atoms with Crippen molar-refractivity contribution in [3.8, 4) is 11.3 Å². The third kappa shape index (κ3) is 2.77. The predicted molar refractivity (Wildman–Crippen MR) is 103 cm³/mol. The van der Waals surface area contributed by atoms with E-state index in [-0.39, 0.29) is 11.9 Å². The molecule has 1 fully saturated rings. The van der Waals surface area contributed by atoms with Crippen molar-refractivity contribution in [2.45, 2.75) is 45.7 Å². The zero-order chi connectivity index (χ0) is 18.4. The maximum atomic E-state index is 13.1. The molecule has 0 bridgehead atoms. The number of hydrogen-bond donors (Lipinski definition) is 0. The van der Waals surface area contributed by atoms with Gasteiger partial charge in [-0.15, -0.1) is 0 Å². The first-order valence-electron chi connectivity index (χ1n) is 9.18. The molecule has 1 aliphatic carbocycles. The number of hydrogen-bond acceptors (Lipinski definition) is 3. The third-order valence-electron chi connectivity index (χ3n) is 5.12. The fraction of sp³-hybridized carbons (Fsp3) is 0.381. The first kappa shape index (κ1) is 16.8. The molecule has 0 unspecified atom stereocenters. The number of nitrogens with zero attached hydrogens (tertiary/aromatic N) is 4. The van der Waals surface area contributed by atoms with E-state index >= 15 is 0 Å². The Bertz CT molecular complexity index is 985. The first-order valence-corrected chi connectivity index (χ1v) is 9.18. The molecule has 1 aliphatic rings. The van der Waals surface area contributed by atoms with Crippen LogP contribution in [0.15, 0.2) is 36.5 Å². The van der Waals surface area contributed by atoms with Gasteiger partial charge in [-0.1, -0.05) is 24.3 Å². The molecule has 4 rings (SSSR count). The summed E-state index contributed by atoms with van der Waals surface area (Å²) in [6, 6.07) is 10.6. The van der Waals surface area contributed by atoms with Gasteiger partial charge in [0.05, 0.1) is 22.8 Å². The van der Waals surface area contributed by atoms with Crippen LogP contribution in [0.1, 0.15) is 48.7 Å². The summed E-state index contributed by atoms with van der Waals surface area (Å²) in [5.41, 5.74) is 4.48. The van der Waals surface area contributed by atoms with E-state index in [2.05, 4.69) is 38.0 Å². The Balaban J connectivity index is 1.94. The minimum atomic E-state index is 0.0537. The number of fused-ring (bicyclic) bond motifs is 1. The quantitative estimate of drug-likeness (QED) is 0.709. The topological polar surface area (TPSA) is 51.0 Å². The van der Waals surface area contributed by atoms with Gasteiger partial charge in [0.1, 0.15) is 0 Å². The molecule has 3 aromatic rings. The Morgan fingerprint density at radius 3 is 2.65 bits per heavy atom. The summed E-state index contributed by atoms with van der Waals surface area (Å²) in [5.74, 6) is 0.0537. The highest BCUT2D eigenvalue weighted by atomic mass is 16.2. The number of aromatic nitrogens is 3. The lowest BCUT2D eigenvalue weighted by Crippen LogP contribution is -2.29. The number of pyridine rings is 1. The Labute approximate surface area is 153 Å². The highest BCUT2D eigenvalue weighted by Crippen LogP contribution is 2.31. The predicted octanol–water partition coefficient (Wildman–Crippen LogP) is 4.22. The van der Waals surface area contributed by atoms with Gasteiger partial charge in [0, 0.05) is 24.7 Å². The molecule has 0 N–H and O–H groups in total. The second kappa shape index (κ2) is 6.24.